The Labute approximate surface area is 91.4 Å². The molecule has 1 fully saturated rings. The Balaban J connectivity index is 1.92. The van der Waals surface area contributed by atoms with Crippen LogP contribution in [0.15, 0.2) is 35.4 Å². The zero-order valence-corrected chi connectivity index (χ0v) is 9.08. The van der Waals surface area contributed by atoms with Crippen molar-refractivity contribution in [1.29, 1.82) is 0 Å². The molecule has 0 amide bonds. The molecule has 0 heterocycles. The SMILES string of the molecule is c1ccc(NN=C2CCCCCC2)cc1. The van der Waals surface area contributed by atoms with Gasteiger partial charge in [-0.2, -0.15) is 5.10 Å². The molecule has 0 aromatic heterocycles. The molecule has 0 spiro atoms. The van der Waals surface area contributed by atoms with E-state index in [0.717, 1.165) is 5.69 Å². The Kier molecular flexibility index (Phi) is 3.77. The van der Waals surface area contributed by atoms with Crippen molar-refractivity contribution in [2.24, 2.45) is 5.10 Å². The van der Waals surface area contributed by atoms with Gasteiger partial charge in [-0.3, -0.25) is 5.43 Å². The Morgan fingerprint density at radius 2 is 1.53 bits per heavy atom. The van der Waals surface area contributed by atoms with E-state index >= 15 is 0 Å². The lowest BCUT2D eigenvalue weighted by Crippen LogP contribution is -2.00. The summed E-state index contributed by atoms with van der Waals surface area (Å²) < 4.78 is 0. The number of anilines is 1. The highest BCUT2D eigenvalue weighted by molar-refractivity contribution is 5.85. The summed E-state index contributed by atoms with van der Waals surface area (Å²) in [6, 6.07) is 10.1. The third-order valence-corrected chi connectivity index (χ3v) is 2.80. The number of rotatable bonds is 2. The minimum absolute atomic E-state index is 1.08. The Morgan fingerprint density at radius 3 is 2.20 bits per heavy atom. The fourth-order valence-electron chi connectivity index (χ4n) is 1.90. The molecule has 0 bridgehead atoms. The van der Waals surface area contributed by atoms with Gasteiger partial charge < -0.3 is 0 Å². The fourth-order valence-corrected chi connectivity index (χ4v) is 1.90. The highest BCUT2D eigenvalue weighted by Crippen LogP contribution is 2.15. The van der Waals surface area contributed by atoms with Crippen molar-refractivity contribution in [3.8, 4) is 0 Å². The molecule has 80 valence electrons. The number of hydrogen-bond acceptors (Lipinski definition) is 2. The van der Waals surface area contributed by atoms with Crippen LogP contribution in [0, 0.1) is 0 Å². The summed E-state index contributed by atoms with van der Waals surface area (Å²) in [4.78, 5) is 0. The predicted molar refractivity (Wildman–Crippen MR) is 65.2 cm³/mol. The number of hydrazone groups is 1. The molecule has 1 N–H and O–H groups in total. The Hall–Kier alpha value is -1.31. The molecule has 1 aromatic rings. The quantitative estimate of drug-likeness (QED) is 0.572. The molecular weight excluding hydrogens is 184 g/mol. The van der Waals surface area contributed by atoms with Crippen molar-refractivity contribution in [3.63, 3.8) is 0 Å². The van der Waals surface area contributed by atoms with Gasteiger partial charge >= 0.3 is 0 Å². The van der Waals surface area contributed by atoms with Gasteiger partial charge in [-0.1, -0.05) is 31.0 Å². The van der Waals surface area contributed by atoms with Gasteiger partial charge in [-0.25, -0.2) is 0 Å². The Bertz CT molecular complexity index is 307. The number of nitrogens with zero attached hydrogens (tertiary/aromatic N) is 1. The van der Waals surface area contributed by atoms with E-state index in [1.165, 1.54) is 44.2 Å². The van der Waals surface area contributed by atoms with Crippen LogP contribution in [0.1, 0.15) is 38.5 Å². The van der Waals surface area contributed by atoms with Crippen LogP contribution in [-0.4, -0.2) is 5.71 Å². The number of para-hydroxylation sites is 1. The first-order valence-corrected chi connectivity index (χ1v) is 5.82. The highest BCUT2D eigenvalue weighted by Gasteiger charge is 2.05. The van der Waals surface area contributed by atoms with Gasteiger partial charge in [0.25, 0.3) is 0 Å². The van der Waals surface area contributed by atoms with Crippen molar-refractivity contribution in [3.05, 3.63) is 30.3 Å². The number of benzene rings is 1. The van der Waals surface area contributed by atoms with E-state index in [1.54, 1.807) is 0 Å². The maximum atomic E-state index is 4.48. The second kappa shape index (κ2) is 5.54. The summed E-state index contributed by atoms with van der Waals surface area (Å²) in [5.74, 6) is 0. The van der Waals surface area contributed by atoms with Gasteiger partial charge in [0.2, 0.25) is 0 Å². The molecule has 1 saturated carbocycles. The molecule has 1 aliphatic rings. The van der Waals surface area contributed by atoms with Crippen molar-refractivity contribution < 1.29 is 0 Å². The normalized spacial score (nSPS) is 16.9. The molecule has 0 radical (unpaired) electrons. The summed E-state index contributed by atoms with van der Waals surface area (Å²) in [6.07, 6.45) is 7.67. The lowest BCUT2D eigenvalue weighted by molar-refractivity contribution is 0.702. The van der Waals surface area contributed by atoms with E-state index in [0.29, 0.717) is 0 Å². The van der Waals surface area contributed by atoms with Crippen molar-refractivity contribution in [2.45, 2.75) is 38.5 Å². The van der Waals surface area contributed by atoms with Crippen LogP contribution in [-0.2, 0) is 0 Å². The van der Waals surface area contributed by atoms with Gasteiger partial charge in [-0.05, 0) is 37.8 Å². The standard InChI is InChI=1S/C13H18N2/c1-2-5-9-12(8-4-1)14-15-13-10-6-3-7-11-13/h3,6-7,10-11,15H,1-2,4-5,8-9H2. The number of nitrogens with one attached hydrogen (secondary N) is 1. The maximum absolute atomic E-state index is 4.48. The average molecular weight is 202 g/mol. The first-order chi connectivity index (χ1) is 7.45. The summed E-state index contributed by atoms with van der Waals surface area (Å²) in [5, 5.41) is 4.48. The van der Waals surface area contributed by atoms with E-state index in [9.17, 15) is 0 Å². The molecule has 2 heteroatoms. The molecule has 15 heavy (non-hydrogen) atoms. The minimum Gasteiger partial charge on any atom is -0.279 e. The lowest BCUT2D eigenvalue weighted by atomic mass is 10.2. The molecular formula is C13H18N2. The van der Waals surface area contributed by atoms with Crippen LogP contribution >= 0.6 is 0 Å². The summed E-state index contributed by atoms with van der Waals surface area (Å²) in [7, 11) is 0. The van der Waals surface area contributed by atoms with Crippen molar-refractivity contribution >= 4 is 11.4 Å². The molecule has 0 aliphatic heterocycles. The first-order valence-electron chi connectivity index (χ1n) is 5.82. The topological polar surface area (TPSA) is 24.4 Å². The molecule has 0 unspecified atom stereocenters. The van der Waals surface area contributed by atoms with E-state index in [2.05, 4.69) is 10.5 Å². The monoisotopic (exact) mass is 202 g/mol. The van der Waals surface area contributed by atoms with E-state index in [4.69, 9.17) is 0 Å². The van der Waals surface area contributed by atoms with Gasteiger partial charge in [0.05, 0.1) is 5.69 Å². The molecule has 1 aliphatic carbocycles. The number of hydrogen-bond donors (Lipinski definition) is 1. The Morgan fingerprint density at radius 1 is 0.867 bits per heavy atom. The average Bonchev–Trinajstić information content (AvgIpc) is 2.56. The summed E-state index contributed by atoms with van der Waals surface area (Å²) in [6.45, 7) is 0. The van der Waals surface area contributed by atoms with Crippen LogP contribution in [0.5, 0.6) is 0 Å². The van der Waals surface area contributed by atoms with Crippen LogP contribution in [0.2, 0.25) is 0 Å². The molecule has 0 saturated heterocycles. The van der Waals surface area contributed by atoms with Gasteiger partial charge in [0, 0.05) is 5.71 Å². The molecule has 2 nitrogen and oxygen atoms in total. The first kappa shape index (κ1) is 10.2. The van der Waals surface area contributed by atoms with Crippen LogP contribution < -0.4 is 5.43 Å². The van der Waals surface area contributed by atoms with Gasteiger partial charge in [-0.15, -0.1) is 0 Å². The zero-order valence-electron chi connectivity index (χ0n) is 9.08. The predicted octanol–water partition coefficient (Wildman–Crippen LogP) is 3.81. The molecule has 1 aromatic carbocycles. The van der Waals surface area contributed by atoms with Gasteiger partial charge in [0.15, 0.2) is 0 Å². The van der Waals surface area contributed by atoms with E-state index < -0.39 is 0 Å². The van der Waals surface area contributed by atoms with Gasteiger partial charge in [0.1, 0.15) is 0 Å². The minimum atomic E-state index is 1.08. The van der Waals surface area contributed by atoms with E-state index in [1.807, 2.05) is 30.3 Å². The van der Waals surface area contributed by atoms with Crippen molar-refractivity contribution in [2.75, 3.05) is 5.43 Å². The smallest absolute Gasteiger partial charge is 0.0561 e. The van der Waals surface area contributed by atoms with Crippen LogP contribution in [0.25, 0.3) is 0 Å². The third-order valence-electron chi connectivity index (χ3n) is 2.80. The lowest BCUT2D eigenvalue weighted by Gasteiger charge is -2.03. The molecule has 2 rings (SSSR count). The third kappa shape index (κ3) is 3.39. The van der Waals surface area contributed by atoms with Crippen molar-refractivity contribution in [1.82, 2.24) is 0 Å². The second-order valence-corrected chi connectivity index (χ2v) is 4.07. The molecule has 0 atom stereocenters. The van der Waals surface area contributed by atoms with Crippen LogP contribution in [0.4, 0.5) is 5.69 Å². The largest absolute Gasteiger partial charge is 0.279 e. The maximum Gasteiger partial charge on any atom is 0.0561 e. The second-order valence-electron chi connectivity index (χ2n) is 4.07. The van der Waals surface area contributed by atoms with E-state index in [-0.39, 0.29) is 0 Å². The highest BCUT2D eigenvalue weighted by atomic mass is 15.3. The zero-order chi connectivity index (χ0) is 10.3. The fraction of sp³-hybridized carbons (Fsp3) is 0.462. The van der Waals surface area contributed by atoms with Crippen LogP contribution in [0.3, 0.4) is 0 Å². The summed E-state index contributed by atoms with van der Waals surface area (Å²) in [5.41, 5.74) is 5.54. The summed E-state index contributed by atoms with van der Waals surface area (Å²) >= 11 is 0.